The zero-order chi connectivity index (χ0) is 29.1. The van der Waals surface area contributed by atoms with Gasteiger partial charge in [0.2, 0.25) is 5.91 Å². The van der Waals surface area contributed by atoms with Crippen molar-refractivity contribution in [2.75, 3.05) is 11.9 Å². The lowest BCUT2D eigenvalue weighted by Crippen LogP contribution is -2.34. The van der Waals surface area contributed by atoms with E-state index >= 15 is 4.39 Å². The predicted octanol–water partition coefficient (Wildman–Crippen LogP) is 8.29. The average Bonchev–Trinajstić information content (AvgIpc) is 2.84. The van der Waals surface area contributed by atoms with Crippen LogP contribution in [-0.4, -0.2) is 23.3 Å². The highest BCUT2D eigenvalue weighted by Crippen LogP contribution is 2.35. The molecule has 0 spiro atoms. The Hall–Kier alpha value is -3.10. The second-order valence-corrected chi connectivity index (χ2v) is 11.0. The molecular weight excluding hydrogens is 555 g/mol. The van der Waals surface area contributed by atoms with Crippen molar-refractivity contribution < 1.29 is 27.2 Å². The van der Waals surface area contributed by atoms with Gasteiger partial charge in [-0.3, -0.25) is 9.59 Å². The molecule has 0 aliphatic heterocycles. The Morgan fingerprint density at radius 2 is 1.54 bits per heavy atom. The molecule has 0 aliphatic carbocycles. The fraction of sp³-hybridized carbons (Fsp3) is 0.310. The summed E-state index contributed by atoms with van der Waals surface area (Å²) in [5.74, 6) is -2.48. The number of hydrogen-bond acceptors (Lipinski definition) is 2. The van der Waals surface area contributed by atoms with Gasteiger partial charge >= 0.3 is 6.18 Å². The van der Waals surface area contributed by atoms with Crippen molar-refractivity contribution in [1.29, 1.82) is 0 Å². The van der Waals surface area contributed by atoms with Gasteiger partial charge in [0.05, 0.1) is 21.3 Å². The third-order valence-electron chi connectivity index (χ3n) is 6.09. The summed E-state index contributed by atoms with van der Waals surface area (Å²) in [7, 11) is 0. The van der Waals surface area contributed by atoms with Gasteiger partial charge in [0, 0.05) is 20.0 Å². The molecule has 4 nitrogen and oxygen atoms in total. The number of amides is 2. The van der Waals surface area contributed by atoms with E-state index in [0.29, 0.717) is 5.56 Å². The molecule has 3 rings (SSSR count). The van der Waals surface area contributed by atoms with E-state index in [0.717, 1.165) is 29.3 Å². The Bertz CT molecular complexity index is 1370. The highest BCUT2D eigenvalue weighted by molar-refractivity contribution is 6.38. The Morgan fingerprint density at radius 1 is 0.897 bits per heavy atom. The fourth-order valence-corrected chi connectivity index (χ4v) is 4.51. The lowest BCUT2D eigenvalue weighted by Gasteiger charge is -2.26. The van der Waals surface area contributed by atoms with Gasteiger partial charge in [0.1, 0.15) is 5.56 Å². The number of hydrogen-bond donors (Lipinski definition) is 1. The molecule has 1 N–H and O–H groups in total. The van der Waals surface area contributed by atoms with Crippen molar-refractivity contribution in [3.8, 4) is 0 Å². The van der Waals surface area contributed by atoms with Crippen molar-refractivity contribution in [3.63, 3.8) is 0 Å². The Morgan fingerprint density at radius 3 is 2.10 bits per heavy atom. The molecule has 0 heterocycles. The highest BCUT2D eigenvalue weighted by atomic mass is 35.5. The maximum atomic E-state index is 15.3. The average molecular weight is 583 g/mol. The molecule has 0 radical (unpaired) electrons. The minimum Gasteiger partial charge on any atom is -0.334 e. The number of carbonyl (C=O) groups excluding carboxylic acids is 2. The molecule has 0 bridgehead atoms. The highest BCUT2D eigenvalue weighted by Gasteiger charge is 2.31. The number of benzene rings is 3. The minimum atomic E-state index is -4.52. The molecule has 10 heteroatoms. The molecular formula is C29H28Cl2F4N2O2. The lowest BCUT2D eigenvalue weighted by atomic mass is 9.87. The van der Waals surface area contributed by atoms with E-state index in [1.807, 2.05) is 24.3 Å². The first-order valence-corrected chi connectivity index (χ1v) is 12.8. The normalized spacial score (nSPS) is 11.8. The maximum Gasteiger partial charge on any atom is 0.416 e. The quantitative estimate of drug-likeness (QED) is 0.225. The van der Waals surface area contributed by atoms with Crippen LogP contribution in [0.3, 0.4) is 0 Å². The summed E-state index contributed by atoms with van der Waals surface area (Å²) in [5, 5.41) is 1.84. The van der Waals surface area contributed by atoms with Crippen LogP contribution in [-0.2, 0) is 29.4 Å². The zero-order valence-corrected chi connectivity index (χ0v) is 23.4. The largest absolute Gasteiger partial charge is 0.416 e. The van der Waals surface area contributed by atoms with E-state index in [1.54, 1.807) is 0 Å². The van der Waals surface area contributed by atoms with Gasteiger partial charge in [-0.1, -0.05) is 86.4 Å². The van der Waals surface area contributed by atoms with Crippen LogP contribution >= 0.6 is 23.2 Å². The third kappa shape index (κ3) is 7.73. The van der Waals surface area contributed by atoms with Gasteiger partial charge in [-0.2, -0.15) is 13.2 Å². The van der Waals surface area contributed by atoms with Gasteiger partial charge in [-0.05, 0) is 40.7 Å². The summed E-state index contributed by atoms with van der Waals surface area (Å²) in [6, 6.07) is 13.4. The molecule has 3 aromatic carbocycles. The van der Waals surface area contributed by atoms with E-state index in [9.17, 15) is 22.8 Å². The first kappa shape index (κ1) is 30.4. The van der Waals surface area contributed by atoms with E-state index in [1.165, 1.54) is 24.0 Å². The van der Waals surface area contributed by atoms with Crippen LogP contribution in [0.2, 0.25) is 10.0 Å². The van der Waals surface area contributed by atoms with Crippen molar-refractivity contribution >= 4 is 40.7 Å². The van der Waals surface area contributed by atoms with E-state index in [-0.39, 0.29) is 35.6 Å². The standard InChI is InChI=1S/C29H28Cl2F4N2O2/c1-17(38)36-26-23(31)15-22(30)25(32)24(26)27(39)37(16-19-8-10-20(11-9-19)28(2,3)4)13-12-18-6-5-7-21(14-18)29(33,34)35/h5-11,14-15H,12-13,16H2,1-4H3,(H,36,38). The van der Waals surface area contributed by atoms with E-state index < -0.39 is 40.0 Å². The molecule has 0 aromatic heterocycles. The number of halogens is 6. The number of rotatable bonds is 7. The molecule has 39 heavy (non-hydrogen) atoms. The molecule has 0 fully saturated rings. The van der Waals surface area contributed by atoms with E-state index in [2.05, 4.69) is 26.1 Å². The molecule has 0 atom stereocenters. The Labute approximate surface area is 234 Å². The zero-order valence-electron chi connectivity index (χ0n) is 21.8. The van der Waals surface area contributed by atoms with E-state index in [4.69, 9.17) is 23.2 Å². The van der Waals surface area contributed by atoms with Crippen LogP contribution in [0, 0.1) is 5.82 Å². The molecule has 0 saturated heterocycles. The number of nitrogens with one attached hydrogen (secondary N) is 1. The van der Waals surface area contributed by atoms with Gasteiger partial charge in [-0.25, -0.2) is 4.39 Å². The summed E-state index contributed by atoms with van der Waals surface area (Å²) in [6.45, 7) is 7.32. The van der Waals surface area contributed by atoms with Crippen molar-refractivity contribution in [2.45, 2.75) is 52.3 Å². The second-order valence-electron chi connectivity index (χ2n) is 10.2. The lowest BCUT2D eigenvalue weighted by molar-refractivity contribution is -0.137. The first-order chi connectivity index (χ1) is 18.1. The van der Waals surface area contributed by atoms with Crippen LogP contribution in [0.15, 0.2) is 54.6 Å². The van der Waals surface area contributed by atoms with Crippen LogP contribution in [0.1, 0.15) is 60.3 Å². The summed E-state index contributed by atoms with van der Waals surface area (Å²) < 4.78 is 54.9. The first-order valence-electron chi connectivity index (χ1n) is 12.1. The summed E-state index contributed by atoms with van der Waals surface area (Å²) in [6.07, 6.45) is -4.46. The van der Waals surface area contributed by atoms with Gasteiger partial charge in [0.25, 0.3) is 5.91 Å². The second kappa shape index (κ2) is 12.0. The van der Waals surface area contributed by atoms with Crippen LogP contribution in [0.4, 0.5) is 23.2 Å². The number of anilines is 1. The number of nitrogens with zero attached hydrogens (tertiary/aromatic N) is 1. The smallest absolute Gasteiger partial charge is 0.334 e. The third-order valence-corrected chi connectivity index (χ3v) is 6.66. The summed E-state index contributed by atoms with van der Waals surface area (Å²) >= 11 is 12.2. The van der Waals surface area contributed by atoms with Crippen molar-refractivity contribution in [1.82, 2.24) is 4.90 Å². The van der Waals surface area contributed by atoms with Crippen LogP contribution < -0.4 is 5.32 Å². The van der Waals surface area contributed by atoms with Gasteiger partial charge in [0.15, 0.2) is 5.82 Å². The summed E-state index contributed by atoms with van der Waals surface area (Å²) in [4.78, 5) is 26.9. The van der Waals surface area contributed by atoms with Crippen LogP contribution in [0.25, 0.3) is 0 Å². The molecule has 2 amide bonds. The van der Waals surface area contributed by atoms with Crippen molar-refractivity contribution in [2.24, 2.45) is 0 Å². The molecule has 208 valence electrons. The monoisotopic (exact) mass is 582 g/mol. The van der Waals surface area contributed by atoms with Crippen molar-refractivity contribution in [3.05, 3.63) is 98.3 Å². The van der Waals surface area contributed by atoms with Crippen LogP contribution in [0.5, 0.6) is 0 Å². The Kier molecular flexibility index (Phi) is 9.34. The molecule has 3 aromatic rings. The van der Waals surface area contributed by atoms with Gasteiger partial charge < -0.3 is 10.2 Å². The maximum absolute atomic E-state index is 15.3. The van der Waals surface area contributed by atoms with Gasteiger partial charge in [-0.15, -0.1) is 0 Å². The predicted molar refractivity (Wildman–Crippen MR) is 146 cm³/mol. The Balaban J connectivity index is 2.02. The molecule has 0 saturated carbocycles. The number of alkyl halides is 3. The molecule has 0 aliphatic rings. The SMILES string of the molecule is CC(=O)Nc1c(Cl)cc(Cl)c(F)c1C(=O)N(CCc1cccc(C(F)(F)F)c1)Cc1ccc(C(C)(C)C)cc1. The minimum absolute atomic E-state index is 0.0191. The topological polar surface area (TPSA) is 49.4 Å². The summed E-state index contributed by atoms with van der Waals surface area (Å²) in [5.41, 5.74) is 0.449. The number of carbonyl (C=O) groups is 2. The molecule has 0 unspecified atom stereocenters. The fourth-order valence-electron chi connectivity index (χ4n) is 4.00.